The van der Waals surface area contributed by atoms with Crippen molar-refractivity contribution in [1.29, 1.82) is 0 Å². The number of nitrogens with zero attached hydrogens (tertiary/aromatic N) is 4. The number of likely N-dealkylation sites (N-methyl/N-ethyl adjacent to an activating group) is 1. The van der Waals surface area contributed by atoms with Crippen LogP contribution in [-0.4, -0.2) is 71.5 Å². The van der Waals surface area contributed by atoms with Crippen molar-refractivity contribution in [3.8, 4) is 0 Å². The van der Waals surface area contributed by atoms with Gasteiger partial charge < -0.3 is 25.3 Å². The van der Waals surface area contributed by atoms with Gasteiger partial charge in [-0.05, 0) is 55.4 Å². The lowest BCUT2D eigenvalue weighted by molar-refractivity contribution is 0.245. The molecule has 35 heavy (non-hydrogen) atoms. The summed E-state index contributed by atoms with van der Waals surface area (Å²) < 4.78 is 16.2. The van der Waals surface area contributed by atoms with Crippen LogP contribution in [0, 0.1) is 5.82 Å². The highest BCUT2D eigenvalue weighted by atomic mass is 35.5. The van der Waals surface area contributed by atoms with E-state index in [0.29, 0.717) is 35.2 Å². The zero-order valence-electron chi connectivity index (χ0n) is 19.6. The monoisotopic (exact) mass is 495 g/mol. The molecule has 1 aromatic heterocycles. The normalized spacial score (nSPS) is 16.0. The zero-order valence-corrected chi connectivity index (χ0v) is 20.3. The van der Waals surface area contributed by atoms with Crippen molar-refractivity contribution in [2.45, 2.75) is 12.5 Å². The molecule has 9 heteroatoms. The molecule has 7 nitrogen and oxygen atoms in total. The van der Waals surface area contributed by atoms with E-state index in [1.807, 2.05) is 43.3 Å². The van der Waals surface area contributed by atoms with Crippen LogP contribution in [0.25, 0.3) is 22.6 Å². The van der Waals surface area contributed by atoms with Crippen molar-refractivity contribution < 1.29 is 14.6 Å². The van der Waals surface area contributed by atoms with Crippen LogP contribution >= 0.6 is 11.6 Å². The van der Waals surface area contributed by atoms with Gasteiger partial charge in [0.1, 0.15) is 17.1 Å². The van der Waals surface area contributed by atoms with Crippen LogP contribution in [-0.2, 0) is 6.42 Å². The molecule has 2 aromatic carbocycles. The summed E-state index contributed by atoms with van der Waals surface area (Å²) in [6.45, 7) is 1.63. The van der Waals surface area contributed by atoms with Crippen molar-refractivity contribution in [1.82, 2.24) is 14.9 Å². The Morgan fingerprint density at radius 3 is 2.71 bits per heavy atom. The van der Waals surface area contributed by atoms with Crippen LogP contribution in [0.15, 0.2) is 42.2 Å². The molecule has 1 fully saturated rings. The number of fused-ring (bicyclic) bond motifs is 2. The fourth-order valence-electron chi connectivity index (χ4n) is 4.51. The Morgan fingerprint density at radius 2 is 1.97 bits per heavy atom. The third kappa shape index (κ3) is 4.45. The minimum Gasteiger partial charge on any atom is -0.508 e. The molecule has 5 rings (SSSR count). The lowest BCUT2D eigenvalue weighted by Crippen LogP contribution is -2.58. The highest BCUT2D eigenvalue weighted by Gasteiger charge is 2.31. The van der Waals surface area contributed by atoms with Gasteiger partial charge in [0.2, 0.25) is 5.95 Å². The number of nitrogens with one attached hydrogen (secondary N) is 1. The van der Waals surface area contributed by atoms with E-state index in [1.54, 1.807) is 18.2 Å². The molecule has 0 amide bonds. The van der Waals surface area contributed by atoms with Crippen molar-refractivity contribution in [2.75, 3.05) is 50.6 Å². The number of aromatic nitrogens is 2. The van der Waals surface area contributed by atoms with E-state index in [1.165, 1.54) is 0 Å². The molecule has 0 atom stereocenters. The molecule has 1 aliphatic heterocycles. The second-order valence-corrected chi connectivity index (χ2v) is 9.51. The van der Waals surface area contributed by atoms with Gasteiger partial charge in [0.15, 0.2) is 5.82 Å². The maximum absolute atomic E-state index is 16.2. The van der Waals surface area contributed by atoms with Crippen LogP contribution in [0.4, 0.5) is 16.2 Å². The van der Waals surface area contributed by atoms with E-state index < -0.39 is 5.82 Å². The first-order valence-electron chi connectivity index (χ1n) is 11.5. The van der Waals surface area contributed by atoms with E-state index in [0.717, 1.165) is 24.2 Å². The van der Waals surface area contributed by atoms with Gasteiger partial charge in [-0.15, -0.1) is 0 Å². The van der Waals surface area contributed by atoms with Gasteiger partial charge in [0, 0.05) is 36.6 Å². The molecule has 3 aromatic rings. The standard InChI is InChI=1S/C26H27ClFN5O2/c1-32(2)18-13-33(14-18)26-30-24-20(25(31-26)29-7-8-34)12-21(27)22(23(24)28)17-9-15-5-3-4-6-16(15)10-19(35)11-17/h3-6,10-12,18,34-35H,7-9,13-14H2,1-2H3,(H,29,30,31). The van der Waals surface area contributed by atoms with E-state index >= 15 is 4.39 Å². The number of benzene rings is 2. The van der Waals surface area contributed by atoms with Gasteiger partial charge in [-0.1, -0.05) is 35.9 Å². The Bertz CT molecular complexity index is 1350. The van der Waals surface area contributed by atoms with E-state index in [-0.39, 0.29) is 35.0 Å². The minimum absolute atomic E-state index is 0.0319. The summed E-state index contributed by atoms with van der Waals surface area (Å²) in [7, 11) is 4.04. The third-order valence-electron chi connectivity index (χ3n) is 6.53. The molecule has 0 bridgehead atoms. The number of halogens is 2. The second kappa shape index (κ2) is 9.45. The fourth-order valence-corrected chi connectivity index (χ4v) is 4.82. The first kappa shape index (κ1) is 23.5. The van der Waals surface area contributed by atoms with Gasteiger partial charge in [-0.2, -0.15) is 4.98 Å². The molecule has 0 saturated carbocycles. The lowest BCUT2D eigenvalue weighted by atomic mass is 9.95. The van der Waals surface area contributed by atoms with Crippen LogP contribution in [0.2, 0.25) is 5.02 Å². The molecular weight excluding hydrogens is 469 g/mol. The van der Waals surface area contributed by atoms with Crippen LogP contribution in [0.3, 0.4) is 0 Å². The number of anilines is 2. The van der Waals surface area contributed by atoms with Gasteiger partial charge in [-0.3, -0.25) is 0 Å². The summed E-state index contributed by atoms with van der Waals surface area (Å²) in [4.78, 5) is 13.4. The Balaban J connectivity index is 1.63. The predicted octanol–water partition coefficient (Wildman–Crippen LogP) is 4.12. The summed E-state index contributed by atoms with van der Waals surface area (Å²) in [5, 5.41) is 23.5. The average molecular weight is 496 g/mol. The van der Waals surface area contributed by atoms with Crippen LogP contribution < -0.4 is 10.2 Å². The van der Waals surface area contributed by atoms with E-state index in [2.05, 4.69) is 20.2 Å². The maximum Gasteiger partial charge on any atom is 0.228 e. The number of rotatable bonds is 6. The number of hydrogen-bond acceptors (Lipinski definition) is 7. The first-order valence-corrected chi connectivity index (χ1v) is 11.9. The number of aliphatic hydroxyl groups excluding tert-OH is 2. The maximum atomic E-state index is 16.2. The zero-order chi connectivity index (χ0) is 24.7. The summed E-state index contributed by atoms with van der Waals surface area (Å²) in [5.74, 6) is 0.310. The molecular formula is C26H27ClFN5O2. The van der Waals surface area contributed by atoms with Gasteiger partial charge in [0.05, 0.1) is 11.6 Å². The molecule has 1 aliphatic carbocycles. The Kier molecular flexibility index (Phi) is 6.35. The van der Waals surface area contributed by atoms with Gasteiger partial charge in [-0.25, -0.2) is 9.37 Å². The van der Waals surface area contributed by atoms with Crippen LogP contribution in [0.1, 0.15) is 16.7 Å². The number of aliphatic hydroxyl groups is 2. The smallest absolute Gasteiger partial charge is 0.228 e. The lowest BCUT2D eigenvalue weighted by Gasteiger charge is -2.42. The van der Waals surface area contributed by atoms with E-state index in [9.17, 15) is 10.2 Å². The first-order chi connectivity index (χ1) is 16.9. The molecule has 1 saturated heterocycles. The molecule has 2 heterocycles. The summed E-state index contributed by atoms with van der Waals surface area (Å²) in [6.07, 6.45) is 3.63. The second-order valence-electron chi connectivity index (χ2n) is 9.10. The summed E-state index contributed by atoms with van der Waals surface area (Å²) in [6, 6.07) is 9.70. The largest absolute Gasteiger partial charge is 0.508 e. The van der Waals surface area contributed by atoms with E-state index in [4.69, 9.17) is 11.6 Å². The van der Waals surface area contributed by atoms with Crippen molar-refractivity contribution in [2.24, 2.45) is 0 Å². The van der Waals surface area contributed by atoms with Crippen molar-refractivity contribution >= 4 is 45.9 Å². The summed E-state index contributed by atoms with van der Waals surface area (Å²) >= 11 is 6.64. The Hall–Kier alpha value is -3.20. The van der Waals surface area contributed by atoms with Gasteiger partial charge in [0.25, 0.3) is 0 Å². The molecule has 182 valence electrons. The SMILES string of the molecule is CN(C)C1CN(c2nc(NCCO)c3cc(Cl)c(C4=CC(O)=Cc5ccccc5C4)c(F)c3n2)C1. The quantitative estimate of drug-likeness (QED) is 0.474. The topological polar surface area (TPSA) is 84.8 Å². The molecule has 0 unspecified atom stereocenters. The Labute approximate surface area is 208 Å². The van der Waals surface area contributed by atoms with Crippen molar-refractivity contribution in [3.05, 3.63) is 69.7 Å². The highest BCUT2D eigenvalue weighted by molar-refractivity contribution is 6.33. The summed E-state index contributed by atoms with van der Waals surface area (Å²) in [5.41, 5.74) is 2.76. The molecule has 2 aliphatic rings. The van der Waals surface area contributed by atoms with Gasteiger partial charge >= 0.3 is 0 Å². The predicted molar refractivity (Wildman–Crippen MR) is 138 cm³/mol. The number of hydrogen-bond donors (Lipinski definition) is 3. The number of allylic oxidation sites excluding steroid dienone is 2. The van der Waals surface area contributed by atoms with Crippen LogP contribution in [0.5, 0.6) is 0 Å². The van der Waals surface area contributed by atoms with Crippen molar-refractivity contribution in [3.63, 3.8) is 0 Å². The Morgan fingerprint density at radius 1 is 1.20 bits per heavy atom. The fraction of sp³-hybridized carbons (Fsp3) is 0.308. The molecule has 0 radical (unpaired) electrons. The molecule has 0 spiro atoms. The minimum atomic E-state index is -0.564. The average Bonchev–Trinajstić information content (AvgIpc) is 2.94. The highest BCUT2D eigenvalue weighted by Crippen LogP contribution is 2.38. The molecule has 3 N–H and O–H groups in total. The third-order valence-corrected chi connectivity index (χ3v) is 6.83.